The summed E-state index contributed by atoms with van der Waals surface area (Å²) in [5.74, 6) is 1.29. The van der Waals surface area contributed by atoms with Gasteiger partial charge < -0.3 is 5.32 Å². The molecule has 0 spiro atoms. The van der Waals surface area contributed by atoms with Gasteiger partial charge in [-0.3, -0.25) is 14.6 Å². The largest absolute Gasteiger partial charge is 0.310 e. The van der Waals surface area contributed by atoms with Crippen LogP contribution in [0.3, 0.4) is 0 Å². The third-order valence-corrected chi connectivity index (χ3v) is 4.11. The van der Waals surface area contributed by atoms with E-state index in [1.807, 2.05) is 6.92 Å². The van der Waals surface area contributed by atoms with E-state index in [0.29, 0.717) is 29.8 Å². The maximum Gasteiger partial charge on any atom is 0.252 e. The van der Waals surface area contributed by atoms with Crippen molar-refractivity contribution in [3.05, 3.63) is 33.9 Å². The van der Waals surface area contributed by atoms with Crippen LogP contribution in [0.4, 0.5) is 5.82 Å². The summed E-state index contributed by atoms with van der Waals surface area (Å²) in [4.78, 5) is 30.8. The fourth-order valence-corrected chi connectivity index (χ4v) is 3.08. The maximum absolute atomic E-state index is 12.3. The molecule has 1 fully saturated rings. The fourth-order valence-electron chi connectivity index (χ4n) is 3.08. The Morgan fingerprint density at radius 1 is 1.30 bits per heavy atom. The summed E-state index contributed by atoms with van der Waals surface area (Å²) < 4.78 is 1.47. The zero-order valence-corrected chi connectivity index (χ0v) is 13.4. The Morgan fingerprint density at radius 2 is 2.04 bits per heavy atom. The molecule has 23 heavy (non-hydrogen) atoms. The van der Waals surface area contributed by atoms with E-state index in [1.165, 1.54) is 23.6 Å². The molecule has 3 rings (SSSR count). The number of aromatic nitrogens is 4. The number of rotatable bonds is 4. The van der Waals surface area contributed by atoms with Crippen molar-refractivity contribution in [2.45, 2.75) is 46.0 Å². The van der Waals surface area contributed by atoms with E-state index in [4.69, 9.17) is 0 Å². The number of carbonyl (C=O) groups is 1. The number of aryl methyl sites for hydroxylation is 2. The third-order valence-electron chi connectivity index (χ3n) is 4.11. The summed E-state index contributed by atoms with van der Waals surface area (Å²) in [5.41, 5.74) is 1.09. The number of hydrogen-bond acceptors (Lipinski definition) is 4. The van der Waals surface area contributed by atoms with Crippen LogP contribution in [-0.4, -0.2) is 25.7 Å². The van der Waals surface area contributed by atoms with Crippen molar-refractivity contribution in [1.82, 2.24) is 19.7 Å². The first-order valence-electron chi connectivity index (χ1n) is 7.96. The number of amides is 1. The van der Waals surface area contributed by atoms with Crippen molar-refractivity contribution < 1.29 is 4.79 Å². The molecule has 1 aliphatic rings. The van der Waals surface area contributed by atoms with E-state index in [9.17, 15) is 9.59 Å². The summed E-state index contributed by atoms with van der Waals surface area (Å²) in [6.07, 6.45) is 5.20. The first-order chi connectivity index (χ1) is 11.0. The van der Waals surface area contributed by atoms with Gasteiger partial charge in [-0.1, -0.05) is 12.8 Å². The lowest BCUT2D eigenvalue weighted by Crippen LogP contribution is -2.20. The van der Waals surface area contributed by atoms with Gasteiger partial charge in [-0.05, 0) is 32.6 Å². The lowest BCUT2D eigenvalue weighted by atomic mass is 10.0. The predicted octanol–water partition coefficient (Wildman–Crippen LogP) is 2.09. The fraction of sp³-hybridized carbons (Fsp3) is 0.500. The van der Waals surface area contributed by atoms with Gasteiger partial charge in [-0.15, -0.1) is 0 Å². The zero-order valence-electron chi connectivity index (χ0n) is 13.4. The van der Waals surface area contributed by atoms with E-state index in [-0.39, 0.29) is 11.5 Å². The van der Waals surface area contributed by atoms with Gasteiger partial charge in [0.1, 0.15) is 5.82 Å². The monoisotopic (exact) mass is 315 g/mol. The van der Waals surface area contributed by atoms with Crippen LogP contribution < -0.4 is 10.9 Å². The second kappa shape index (κ2) is 6.36. The lowest BCUT2D eigenvalue weighted by molar-refractivity contribution is -0.117. The van der Waals surface area contributed by atoms with Crippen molar-refractivity contribution in [3.8, 4) is 5.95 Å². The van der Waals surface area contributed by atoms with E-state index in [2.05, 4.69) is 20.4 Å². The molecule has 7 heteroatoms. The number of aromatic amines is 1. The SMILES string of the molecule is Cc1cc(=O)[nH]c(-n2nc(C)cc2NC(=O)CC2CCCC2)n1. The average molecular weight is 315 g/mol. The first-order valence-corrected chi connectivity index (χ1v) is 7.96. The first kappa shape index (κ1) is 15.5. The van der Waals surface area contributed by atoms with Gasteiger partial charge in [0.05, 0.1) is 5.69 Å². The molecule has 7 nitrogen and oxygen atoms in total. The van der Waals surface area contributed by atoms with Crippen molar-refractivity contribution in [1.29, 1.82) is 0 Å². The minimum Gasteiger partial charge on any atom is -0.310 e. The average Bonchev–Trinajstić information content (AvgIpc) is 3.07. The number of H-pyrrole nitrogens is 1. The normalized spacial score (nSPS) is 15.0. The Balaban J connectivity index is 1.82. The highest BCUT2D eigenvalue weighted by molar-refractivity contribution is 5.90. The van der Waals surface area contributed by atoms with E-state index < -0.39 is 0 Å². The van der Waals surface area contributed by atoms with Crippen LogP contribution in [0.25, 0.3) is 5.95 Å². The molecule has 122 valence electrons. The van der Waals surface area contributed by atoms with Crippen LogP contribution in [0, 0.1) is 19.8 Å². The molecule has 1 saturated carbocycles. The number of nitrogens with one attached hydrogen (secondary N) is 2. The smallest absolute Gasteiger partial charge is 0.252 e. The maximum atomic E-state index is 12.3. The van der Waals surface area contributed by atoms with Gasteiger partial charge in [-0.25, -0.2) is 4.98 Å². The quantitative estimate of drug-likeness (QED) is 0.903. The summed E-state index contributed by atoms with van der Waals surface area (Å²) in [7, 11) is 0. The zero-order chi connectivity index (χ0) is 16.4. The van der Waals surface area contributed by atoms with Crippen LogP contribution in [0.15, 0.2) is 16.9 Å². The Morgan fingerprint density at radius 3 is 2.74 bits per heavy atom. The van der Waals surface area contributed by atoms with Crippen LogP contribution in [0.1, 0.15) is 43.5 Å². The second-order valence-corrected chi connectivity index (χ2v) is 6.20. The summed E-state index contributed by atoms with van der Waals surface area (Å²) >= 11 is 0. The molecule has 2 heterocycles. The number of hydrogen-bond donors (Lipinski definition) is 2. The van der Waals surface area contributed by atoms with Gasteiger partial charge in [-0.2, -0.15) is 9.78 Å². The second-order valence-electron chi connectivity index (χ2n) is 6.20. The summed E-state index contributed by atoms with van der Waals surface area (Å²) in [6.45, 7) is 3.57. The predicted molar refractivity (Wildman–Crippen MR) is 86.7 cm³/mol. The number of nitrogens with zero attached hydrogens (tertiary/aromatic N) is 3. The van der Waals surface area contributed by atoms with Crippen molar-refractivity contribution in [3.63, 3.8) is 0 Å². The minimum atomic E-state index is -0.246. The van der Waals surface area contributed by atoms with Crippen LogP contribution in [-0.2, 0) is 4.79 Å². The van der Waals surface area contributed by atoms with Gasteiger partial charge >= 0.3 is 0 Å². The van der Waals surface area contributed by atoms with Crippen LogP contribution in [0.5, 0.6) is 0 Å². The van der Waals surface area contributed by atoms with Crippen molar-refractivity contribution in [2.24, 2.45) is 5.92 Å². The molecular formula is C16H21N5O2. The van der Waals surface area contributed by atoms with Gasteiger partial charge in [0.2, 0.25) is 11.9 Å². The van der Waals surface area contributed by atoms with Crippen LogP contribution in [0.2, 0.25) is 0 Å². The molecule has 0 aliphatic heterocycles. The van der Waals surface area contributed by atoms with Crippen molar-refractivity contribution >= 4 is 11.7 Å². The molecular weight excluding hydrogens is 294 g/mol. The lowest BCUT2D eigenvalue weighted by Gasteiger charge is -2.11. The van der Waals surface area contributed by atoms with E-state index in [0.717, 1.165) is 18.5 Å². The topological polar surface area (TPSA) is 92.7 Å². The molecule has 0 aromatic carbocycles. The highest BCUT2D eigenvalue weighted by Gasteiger charge is 2.20. The van der Waals surface area contributed by atoms with Gasteiger partial charge in [0.25, 0.3) is 5.56 Å². The Labute approximate surface area is 134 Å². The highest BCUT2D eigenvalue weighted by Crippen LogP contribution is 2.28. The third kappa shape index (κ3) is 3.67. The Bertz CT molecular complexity index is 771. The van der Waals surface area contributed by atoms with Gasteiger partial charge in [0.15, 0.2) is 0 Å². The summed E-state index contributed by atoms with van der Waals surface area (Å²) in [6, 6.07) is 3.19. The van der Waals surface area contributed by atoms with E-state index >= 15 is 0 Å². The van der Waals surface area contributed by atoms with Crippen LogP contribution >= 0.6 is 0 Å². The summed E-state index contributed by atoms with van der Waals surface area (Å²) in [5, 5.41) is 7.21. The molecule has 0 unspecified atom stereocenters. The molecule has 2 aromatic heterocycles. The van der Waals surface area contributed by atoms with Crippen molar-refractivity contribution in [2.75, 3.05) is 5.32 Å². The molecule has 2 aromatic rings. The Kier molecular flexibility index (Phi) is 4.27. The molecule has 1 amide bonds. The highest BCUT2D eigenvalue weighted by atomic mass is 16.1. The standard InChI is InChI=1S/C16H21N5O2/c1-10-8-14(22)19-16(17-10)21-13(7-11(2)20-21)18-15(23)9-12-5-3-4-6-12/h7-8,12H,3-6,9H2,1-2H3,(H,18,23)(H,17,19,22). The molecule has 1 aliphatic carbocycles. The molecule has 0 bridgehead atoms. The molecule has 0 atom stereocenters. The molecule has 0 radical (unpaired) electrons. The molecule has 2 N–H and O–H groups in total. The molecule has 0 saturated heterocycles. The number of anilines is 1. The Hall–Kier alpha value is -2.44. The van der Waals surface area contributed by atoms with Gasteiger partial charge in [0, 0.05) is 24.2 Å². The van der Waals surface area contributed by atoms with E-state index in [1.54, 1.807) is 13.0 Å². The number of carbonyl (C=O) groups excluding carboxylic acids is 1. The minimum absolute atomic E-state index is 0.0203.